The van der Waals surface area contributed by atoms with Crippen LogP contribution in [0.5, 0.6) is 0 Å². The van der Waals surface area contributed by atoms with Crippen molar-refractivity contribution in [1.29, 1.82) is 0 Å². The highest BCUT2D eigenvalue weighted by molar-refractivity contribution is 7.98. The molecule has 1 aliphatic carbocycles. The third-order valence-electron chi connectivity index (χ3n) is 22.9. The fraction of sp³-hybridized carbons (Fsp3) is 0.600. The quantitative estimate of drug-likeness (QED) is 0.0692. The van der Waals surface area contributed by atoms with Gasteiger partial charge < -0.3 is 15.4 Å². The van der Waals surface area contributed by atoms with E-state index in [1.165, 1.54) is 128 Å². The Morgan fingerprint density at radius 3 is 0.914 bits per heavy atom. The summed E-state index contributed by atoms with van der Waals surface area (Å²) in [5.74, 6) is -1.44. The summed E-state index contributed by atoms with van der Waals surface area (Å²) in [5.41, 5.74) is 0. The van der Waals surface area contributed by atoms with Crippen molar-refractivity contribution < 1.29 is 88.9 Å². The number of likely N-dealkylation sites (tertiary alicyclic amines) is 3. The first-order valence-corrected chi connectivity index (χ1v) is 57.2. The van der Waals surface area contributed by atoms with Gasteiger partial charge in [-0.3, -0.25) is 14.7 Å². The summed E-state index contributed by atoms with van der Waals surface area (Å²) in [7, 11) is -33.8. The van der Waals surface area contributed by atoms with Crippen molar-refractivity contribution in [2.24, 2.45) is 5.92 Å². The zero-order valence-electron chi connectivity index (χ0n) is 64.3. The normalized spacial score (nSPS) is 27.7. The predicted molar refractivity (Wildman–Crippen MR) is 455 cm³/mol. The van der Waals surface area contributed by atoms with Gasteiger partial charge in [0.2, 0.25) is 0 Å². The maximum Gasteiger partial charge on any atom is 0.183 e. The molecular weight excluding hydrogens is 1800 g/mol. The topological polar surface area (TPSA) is 384 Å². The summed E-state index contributed by atoms with van der Waals surface area (Å²) in [6.07, 6.45) is 13.1. The highest BCUT2D eigenvalue weighted by Gasteiger charge is 2.53. The fourth-order valence-corrected chi connectivity index (χ4v) is 41.2. The molecule has 1 saturated carbocycles. The molecule has 8 aliphatic heterocycles. The number of hydrogen-bond donors (Lipinski definition) is 2. The Kier molecular flexibility index (Phi) is 32.6. The fourth-order valence-electron chi connectivity index (χ4n) is 16.6. The van der Waals surface area contributed by atoms with Crippen LogP contribution in [0.4, 0.5) is 0 Å². The number of ether oxygens (including phenoxy) is 1. The molecule has 10 atom stereocenters. The second kappa shape index (κ2) is 39.8. The van der Waals surface area contributed by atoms with E-state index in [2.05, 4.69) is 22.5 Å². The number of piperidine rings is 2. The number of nitrogens with zero attached hydrogens (tertiary/aromatic N) is 3. The first kappa shape index (κ1) is 95.0. The minimum Gasteiger partial charge on any atom is -0.385 e. The SMILES string of the molecule is CC1CCN([C@H]2CS(=O)(=O)C[C@@H]2S(=O)(=O)c2ccc(Cl)cc2)CC1.COCCCN[C@H]1CS(=O)(=O)C[C@@H]1S(=O)(=O)c1ccc(Cl)cc1.O=S1(=O)C[C@H](N2CCCC2)[C@@H](S(=O)(=O)c2ccc(Cl)cc2)C1.O=S1(=O)C[C@H](N2CCCCC2)[C@@H](S(=O)(=O)c2ccc(Cl)cc2)C1.O=S1(=O)C[C@H](NC2CCCCC2)[C@@H](S(=O)(=O)c2ccc(Cl)cc2)C1. The Hall–Kier alpha value is -3.19. The number of nitrogens with one attached hydrogen (secondary N) is 2. The van der Waals surface area contributed by atoms with Crippen molar-refractivity contribution in [3.63, 3.8) is 0 Å². The number of methoxy groups -OCH3 is 1. The van der Waals surface area contributed by atoms with Crippen molar-refractivity contribution in [2.45, 2.75) is 177 Å². The summed E-state index contributed by atoms with van der Waals surface area (Å²) in [6.45, 7) is 7.80. The minimum atomic E-state index is -3.75. The predicted octanol–water partition coefficient (Wildman–Crippen LogP) is 8.26. The molecule has 5 aromatic rings. The highest BCUT2D eigenvalue weighted by Crippen LogP contribution is 2.37. The summed E-state index contributed by atoms with van der Waals surface area (Å²) >= 11 is 29.1. The van der Waals surface area contributed by atoms with E-state index in [-0.39, 0.29) is 88.0 Å². The van der Waals surface area contributed by atoms with Crippen LogP contribution in [-0.2, 0) is 103 Å². The largest absolute Gasteiger partial charge is 0.385 e. The van der Waals surface area contributed by atoms with E-state index >= 15 is 0 Å². The summed E-state index contributed by atoms with van der Waals surface area (Å²) in [4.78, 5) is 6.77. The first-order chi connectivity index (χ1) is 54.3. The van der Waals surface area contributed by atoms with E-state index < -0.39 is 155 Å². The molecular formula is C75H102Cl5N5O21S10. The molecule has 648 valence electrons. The van der Waals surface area contributed by atoms with Crippen molar-refractivity contribution in [3.05, 3.63) is 146 Å². The molecule has 14 rings (SSSR count). The molecule has 2 N–H and O–H groups in total. The van der Waals surface area contributed by atoms with Gasteiger partial charge in [-0.05, 0) is 231 Å². The van der Waals surface area contributed by atoms with Crippen LogP contribution in [0.2, 0.25) is 25.1 Å². The molecule has 26 nitrogen and oxygen atoms in total. The monoisotopic (exact) mass is 1900 g/mol. The Morgan fingerprint density at radius 1 is 0.336 bits per heavy atom. The smallest absolute Gasteiger partial charge is 0.183 e. The number of halogens is 5. The average Bonchev–Trinajstić information content (AvgIpc) is 1.63. The highest BCUT2D eigenvalue weighted by atomic mass is 35.5. The average molecular weight is 1910 g/mol. The molecule has 5 aromatic carbocycles. The third kappa shape index (κ3) is 24.9. The Bertz CT molecular complexity index is 5400. The molecule has 0 spiro atoms. The second-order valence-corrected chi connectivity index (χ2v) is 55.1. The maximum absolute atomic E-state index is 13.0. The summed E-state index contributed by atoms with van der Waals surface area (Å²) < 4.78 is 255. The van der Waals surface area contributed by atoms with E-state index in [1.807, 2.05) is 9.80 Å². The van der Waals surface area contributed by atoms with Gasteiger partial charge >= 0.3 is 0 Å². The van der Waals surface area contributed by atoms with Gasteiger partial charge in [-0.2, -0.15) is 0 Å². The lowest BCUT2D eigenvalue weighted by molar-refractivity contribution is 0.151. The molecule has 8 saturated heterocycles. The maximum atomic E-state index is 13.0. The molecule has 0 radical (unpaired) electrons. The first-order valence-electron chi connectivity index (χ1n) is 38.5. The molecule has 0 bridgehead atoms. The van der Waals surface area contributed by atoms with E-state index in [0.717, 1.165) is 110 Å². The number of hydrogen-bond acceptors (Lipinski definition) is 26. The van der Waals surface area contributed by atoms with Gasteiger partial charge in [0.1, 0.15) is 0 Å². The molecule has 9 aliphatic rings. The standard InChI is InChI=1S/2C16H22ClNO4S2.C15H20ClNO4S2.C14H20ClNO5S2.C14H18ClNO4S2/c1-12-6-8-18(9-7-12)15-10-23(19,20)11-16(15)24(21,22)14-4-2-13(17)3-5-14;17-12-6-8-14(9-7-12)24(21,22)16-11-23(19,20)10-15(16)18-13-4-2-1-3-5-13;16-12-4-6-13(7-5-12)23(20,21)15-11-22(18,19)10-14(15)17-8-2-1-3-9-17;1-21-8-2-7-16-13-9-22(17,18)10-14(13)23(19,20)12-5-3-11(15)4-6-12;15-11-3-5-12(6-4-11)22(19,20)14-10-21(17,18)9-13(14)16-7-1-2-8-16/h2-5,12,15-16H,6-11H2,1H3;6-9,13,15-16,18H,1-5,10-11H2;4-7,14-15H,1-3,8-11H2;3-6,13-14,16H,2,7-10H2,1H3;3-6,13-14H,1-2,7-10H2/t2*15-,16-;14-,15-;2*13-,14-/m00000/s1. The van der Waals surface area contributed by atoms with E-state index in [1.54, 1.807) is 7.11 Å². The van der Waals surface area contributed by atoms with Crippen molar-refractivity contribution >= 4 is 156 Å². The van der Waals surface area contributed by atoms with Crippen LogP contribution in [0.3, 0.4) is 0 Å². The van der Waals surface area contributed by atoms with Crippen LogP contribution in [0, 0.1) is 5.92 Å². The van der Waals surface area contributed by atoms with Crippen LogP contribution in [0.1, 0.15) is 90.4 Å². The van der Waals surface area contributed by atoms with Crippen LogP contribution in [0.15, 0.2) is 146 Å². The number of sulfone groups is 10. The molecule has 116 heavy (non-hydrogen) atoms. The van der Waals surface area contributed by atoms with Gasteiger partial charge in [-0.15, -0.1) is 0 Å². The molecule has 0 unspecified atom stereocenters. The van der Waals surface area contributed by atoms with Crippen LogP contribution in [0.25, 0.3) is 0 Å². The Labute approximate surface area is 710 Å². The lowest BCUT2D eigenvalue weighted by Gasteiger charge is -2.36. The van der Waals surface area contributed by atoms with Gasteiger partial charge in [0.15, 0.2) is 98.4 Å². The van der Waals surface area contributed by atoms with Gasteiger partial charge in [0.05, 0.1) is 108 Å². The number of rotatable bonds is 20. The Balaban J connectivity index is 0.000000153. The van der Waals surface area contributed by atoms with E-state index in [4.69, 9.17) is 62.7 Å². The van der Waals surface area contributed by atoms with Gasteiger partial charge in [-0.25, -0.2) is 84.2 Å². The number of benzene rings is 5. The summed E-state index contributed by atoms with van der Waals surface area (Å²) in [6, 6.07) is 27.3. The Morgan fingerprint density at radius 2 is 0.595 bits per heavy atom. The second-order valence-electron chi connectivity index (χ2n) is 31.3. The van der Waals surface area contributed by atoms with E-state index in [9.17, 15) is 84.2 Å². The lowest BCUT2D eigenvalue weighted by atomic mass is 9.95. The molecule has 0 aromatic heterocycles. The zero-order valence-corrected chi connectivity index (χ0v) is 76.2. The van der Waals surface area contributed by atoms with Crippen molar-refractivity contribution in [3.8, 4) is 0 Å². The molecule has 0 amide bonds. The molecule has 9 fully saturated rings. The molecule has 8 heterocycles. The molecule has 41 heteroatoms. The summed E-state index contributed by atoms with van der Waals surface area (Å²) in [5, 5.41) is 3.99. The van der Waals surface area contributed by atoms with Gasteiger partial charge in [0, 0.05) is 75.1 Å². The van der Waals surface area contributed by atoms with E-state index in [0.29, 0.717) is 50.6 Å². The van der Waals surface area contributed by atoms with Gasteiger partial charge in [0.25, 0.3) is 0 Å². The van der Waals surface area contributed by atoms with Gasteiger partial charge in [-0.1, -0.05) is 90.6 Å². The van der Waals surface area contributed by atoms with Crippen LogP contribution < -0.4 is 10.6 Å². The van der Waals surface area contributed by atoms with Crippen LogP contribution >= 0.6 is 58.0 Å². The van der Waals surface area contributed by atoms with Crippen molar-refractivity contribution in [2.75, 3.05) is 117 Å². The minimum absolute atomic E-state index is 0.0650. The van der Waals surface area contributed by atoms with Crippen LogP contribution in [-0.4, -0.2) is 278 Å². The zero-order chi connectivity index (χ0) is 84.6. The lowest BCUT2D eigenvalue weighted by Crippen LogP contribution is -2.49. The third-order valence-corrected chi connectivity index (χ3v) is 44.9. The van der Waals surface area contributed by atoms with Crippen molar-refractivity contribution in [1.82, 2.24) is 25.3 Å².